The molecule has 0 saturated heterocycles. The molecule has 2 amide bonds. The maximum absolute atomic E-state index is 11.6. The second-order valence-electron chi connectivity index (χ2n) is 4.24. The topological polar surface area (TPSA) is 98.5 Å². The van der Waals surface area contributed by atoms with Crippen molar-refractivity contribution in [3.8, 4) is 0 Å². The van der Waals surface area contributed by atoms with Gasteiger partial charge in [-0.2, -0.15) is 0 Å². The fourth-order valence-corrected chi connectivity index (χ4v) is 2.15. The van der Waals surface area contributed by atoms with E-state index in [4.69, 9.17) is 17.3 Å². The van der Waals surface area contributed by atoms with E-state index in [-0.39, 0.29) is 6.42 Å². The Morgan fingerprint density at radius 1 is 1.43 bits per heavy atom. The molecular formula is C13H14BrClN2O4. The third-order valence-electron chi connectivity index (χ3n) is 2.52. The van der Waals surface area contributed by atoms with Gasteiger partial charge in [0, 0.05) is 22.8 Å². The van der Waals surface area contributed by atoms with E-state index in [9.17, 15) is 14.4 Å². The zero-order chi connectivity index (χ0) is 16.0. The third-order valence-corrected chi connectivity index (χ3v) is 3.53. The number of carbonyl (C=O) groups is 3. The van der Waals surface area contributed by atoms with Gasteiger partial charge in [0.2, 0.25) is 5.91 Å². The number of ether oxygens (including phenoxy) is 1. The standard InChI is InChI=1S/C13H14BrClN2O4/c1-7(18)21-6-12(19)17-11(13(16)20)5-8-4-9(15)2-3-10(8)14/h2-4,11H,5-6H2,1H3,(H2,16,20)(H,17,19)/t11-/m1/s1. The fourth-order valence-electron chi connectivity index (χ4n) is 1.55. The van der Waals surface area contributed by atoms with Crippen LogP contribution in [0.15, 0.2) is 22.7 Å². The minimum Gasteiger partial charge on any atom is -0.456 e. The molecule has 3 N–H and O–H groups in total. The van der Waals surface area contributed by atoms with Gasteiger partial charge < -0.3 is 15.8 Å². The molecule has 0 spiro atoms. The van der Waals surface area contributed by atoms with Crippen LogP contribution in [0.1, 0.15) is 12.5 Å². The summed E-state index contributed by atoms with van der Waals surface area (Å²) in [6, 6.07) is 4.16. The lowest BCUT2D eigenvalue weighted by Crippen LogP contribution is -2.47. The predicted molar refractivity (Wildman–Crippen MR) is 80.6 cm³/mol. The molecule has 0 bridgehead atoms. The van der Waals surface area contributed by atoms with E-state index in [1.165, 1.54) is 6.92 Å². The Kier molecular flexibility index (Phi) is 6.64. The molecule has 0 aromatic heterocycles. The molecule has 21 heavy (non-hydrogen) atoms. The van der Waals surface area contributed by atoms with E-state index in [0.29, 0.717) is 5.02 Å². The molecule has 0 unspecified atom stereocenters. The van der Waals surface area contributed by atoms with Gasteiger partial charge in [-0.1, -0.05) is 27.5 Å². The number of amides is 2. The van der Waals surface area contributed by atoms with Crippen LogP contribution in [0.3, 0.4) is 0 Å². The second-order valence-corrected chi connectivity index (χ2v) is 5.53. The van der Waals surface area contributed by atoms with Crippen LogP contribution >= 0.6 is 27.5 Å². The van der Waals surface area contributed by atoms with Gasteiger partial charge in [0.05, 0.1) is 0 Å². The first-order chi connectivity index (χ1) is 9.79. The SMILES string of the molecule is CC(=O)OCC(=O)N[C@H](Cc1cc(Cl)ccc1Br)C(N)=O. The lowest BCUT2D eigenvalue weighted by molar-refractivity contribution is -0.146. The Labute approximate surface area is 135 Å². The van der Waals surface area contributed by atoms with Gasteiger partial charge in [-0.25, -0.2) is 0 Å². The summed E-state index contributed by atoms with van der Waals surface area (Å²) in [7, 11) is 0. The average Bonchev–Trinajstić information content (AvgIpc) is 2.39. The molecule has 0 radical (unpaired) electrons. The van der Waals surface area contributed by atoms with Crippen LogP contribution in [0.5, 0.6) is 0 Å². The van der Waals surface area contributed by atoms with E-state index in [1.54, 1.807) is 18.2 Å². The summed E-state index contributed by atoms with van der Waals surface area (Å²) in [5, 5.41) is 2.91. The van der Waals surface area contributed by atoms with Crippen molar-refractivity contribution in [2.75, 3.05) is 6.61 Å². The molecule has 1 atom stereocenters. The van der Waals surface area contributed by atoms with Crippen molar-refractivity contribution in [1.82, 2.24) is 5.32 Å². The Hall–Kier alpha value is -1.60. The van der Waals surface area contributed by atoms with Crippen LogP contribution in [-0.2, 0) is 25.5 Å². The van der Waals surface area contributed by atoms with Crippen molar-refractivity contribution in [1.29, 1.82) is 0 Å². The molecule has 1 rings (SSSR count). The normalized spacial score (nSPS) is 11.6. The van der Waals surface area contributed by atoms with Crippen LogP contribution in [0.25, 0.3) is 0 Å². The quantitative estimate of drug-likeness (QED) is 0.727. The highest BCUT2D eigenvalue weighted by Gasteiger charge is 2.20. The second kappa shape index (κ2) is 7.99. The molecule has 114 valence electrons. The number of rotatable bonds is 6. The predicted octanol–water partition coefficient (Wildman–Crippen LogP) is 1.18. The van der Waals surface area contributed by atoms with E-state index < -0.39 is 30.4 Å². The Morgan fingerprint density at radius 3 is 2.67 bits per heavy atom. The molecule has 0 fully saturated rings. The number of hydrogen-bond donors (Lipinski definition) is 2. The molecule has 0 heterocycles. The van der Waals surface area contributed by atoms with Crippen LogP contribution in [0, 0.1) is 0 Å². The van der Waals surface area contributed by atoms with E-state index >= 15 is 0 Å². The van der Waals surface area contributed by atoms with Crippen molar-refractivity contribution >= 4 is 45.3 Å². The van der Waals surface area contributed by atoms with Crippen molar-refractivity contribution in [3.05, 3.63) is 33.3 Å². The van der Waals surface area contributed by atoms with Crippen LogP contribution in [0.4, 0.5) is 0 Å². The van der Waals surface area contributed by atoms with E-state index in [0.717, 1.165) is 10.0 Å². The summed E-state index contributed by atoms with van der Waals surface area (Å²) in [6.45, 7) is 0.720. The van der Waals surface area contributed by atoms with Crippen molar-refractivity contribution < 1.29 is 19.1 Å². The number of nitrogens with one attached hydrogen (secondary N) is 1. The molecule has 0 aliphatic rings. The minimum atomic E-state index is -0.928. The first-order valence-corrected chi connectivity index (χ1v) is 7.12. The van der Waals surface area contributed by atoms with Gasteiger partial charge in [-0.3, -0.25) is 14.4 Å². The average molecular weight is 378 g/mol. The molecule has 0 saturated carbocycles. The van der Waals surface area contributed by atoms with E-state index in [1.807, 2.05) is 0 Å². The summed E-state index contributed by atoms with van der Waals surface area (Å²) in [5.41, 5.74) is 5.99. The van der Waals surface area contributed by atoms with Gasteiger partial charge in [-0.05, 0) is 23.8 Å². The molecule has 1 aromatic rings. The van der Waals surface area contributed by atoms with Crippen LogP contribution < -0.4 is 11.1 Å². The largest absolute Gasteiger partial charge is 0.456 e. The summed E-state index contributed by atoms with van der Waals surface area (Å²) in [5.74, 6) is -1.89. The smallest absolute Gasteiger partial charge is 0.303 e. The summed E-state index contributed by atoms with van der Waals surface area (Å²) in [6.07, 6.45) is 0.169. The number of halogens is 2. The van der Waals surface area contributed by atoms with E-state index in [2.05, 4.69) is 26.0 Å². The lowest BCUT2D eigenvalue weighted by atomic mass is 10.1. The zero-order valence-electron chi connectivity index (χ0n) is 11.2. The van der Waals surface area contributed by atoms with Crippen molar-refractivity contribution in [3.63, 3.8) is 0 Å². The van der Waals surface area contributed by atoms with Gasteiger partial charge >= 0.3 is 5.97 Å². The molecule has 1 aromatic carbocycles. The Bertz CT molecular complexity index is 565. The number of carbonyl (C=O) groups excluding carboxylic acids is 3. The number of esters is 1. The minimum absolute atomic E-state index is 0.169. The zero-order valence-corrected chi connectivity index (χ0v) is 13.5. The Morgan fingerprint density at radius 2 is 2.10 bits per heavy atom. The number of hydrogen-bond acceptors (Lipinski definition) is 4. The monoisotopic (exact) mass is 376 g/mol. The van der Waals surface area contributed by atoms with Crippen LogP contribution in [-0.4, -0.2) is 30.4 Å². The molecule has 0 aliphatic heterocycles. The first-order valence-electron chi connectivity index (χ1n) is 5.95. The maximum Gasteiger partial charge on any atom is 0.303 e. The van der Waals surface area contributed by atoms with Gasteiger partial charge in [0.15, 0.2) is 6.61 Å². The molecule has 8 heteroatoms. The van der Waals surface area contributed by atoms with Crippen molar-refractivity contribution in [2.45, 2.75) is 19.4 Å². The van der Waals surface area contributed by atoms with Gasteiger partial charge in [0.1, 0.15) is 6.04 Å². The lowest BCUT2D eigenvalue weighted by Gasteiger charge is -2.16. The van der Waals surface area contributed by atoms with Crippen molar-refractivity contribution in [2.24, 2.45) is 5.73 Å². The van der Waals surface area contributed by atoms with Crippen LogP contribution in [0.2, 0.25) is 5.02 Å². The number of benzene rings is 1. The molecule has 6 nitrogen and oxygen atoms in total. The van der Waals surface area contributed by atoms with Gasteiger partial charge in [-0.15, -0.1) is 0 Å². The highest BCUT2D eigenvalue weighted by Crippen LogP contribution is 2.22. The third kappa shape index (κ3) is 6.14. The summed E-state index contributed by atoms with van der Waals surface area (Å²) in [4.78, 5) is 33.6. The molecule has 0 aliphatic carbocycles. The first kappa shape index (κ1) is 17.5. The highest BCUT2D eigenvalue weighted by molar-refractivity contribution is 9.10. The fraction of sp³-hybridized carbons (Fsp3) is 0.308. The number of nitrogens with two attached hydrogens (primary N) is 1. The maximum atomic E-state index is 11.6. The highest BCUT2D eigenvalue weighted by atomic mass is 79.9. The summed E-state index contributed by atoms with van der Waals surface area (Å²) >= 11 is 9.22. The number of primary amides is 1. The Balaban J connectivity index is 2.74. The summed E-state index contributed by atoms with van der Waals surface area (Å²) < 4.78 is 5.29. The van der Waals surface area contributed by atoms with Gasteiger partial charge in [0.25, 0.3) is 5.91 Å². The molecular weight excluding hydrogens is 364 g/mol.